The first-order valence-corrected chi connectivity index (χ1v) is 2.49. The fourth-order valence-electron chi connectivity index (χ4n) is 0.718. The Labute approximate surface area is 65.2 Å². The molecule has 0 aliphatic heterocycles. The summed E-state index contributed by atoms with van der Waals surface area (Å²) in [4.78, 5) is 0. The third kappa shape index (κ3) is 1.89. The monoisotopic (exact) mass is 141 g/mol. The van der Waals surface area contributed by atoms with Gasteiger partial charge in [0.15, 0.2) is 0 Å². The molecule has 0 spiro atoms. The molecule has 0 aliphatic rings. The molecule has 0 N–H and O–H groups in total. The average molecular weight is 141 g/mol. The van der Waals surface area contributed by atoms with Crippen LogP contribution in [0.2, 0.25) is 0 Å². The Kier molecular flexibility index (Phi) is 3.19. The summed E-state index contributed by atoms with van der Waals surface area (Å²) >= 11 is 0. The first-order chi connectivity index (χ1) is 3.29. The van der Waals surface area contributed by atoms with Crippen molar-refractivity contribution in [2.24, 2.45) is 0 Å². The van der Waals surface area contributed by atoms with Gasteiger partial charge < -0.3 is 0 Å². The smallest absolute Gasteiger partial charge is 0 e. The van der Waals surface area contributed by atoms with E-state index < -0.39 is 0 Å². The predicted octanol–water partition coefficient (Wildman–Crippen LogP) is 2.02. The van der Waals surface area contributed by atoms with Crippen molar-refractivity contribution in [3.8, 4) is 0 Å². The fraction of sp³-hybridized carbons (Fsp3) is 0.286. The van der Waals surface area contributed by atoms with Gasteiger partial charge in [0.25, 0.3) is 0 Å². The van der Waals surface area contributed by atoms with Crippen molar-refractivity contribution in [1.29, 1.82) is 0 Å². The van der Waals surface area contributed by atoms with Crippen LogP contribution in [0.15, 0.2) is 18.2 Å². The van der Waals surface area contributed by atoms with E-state index in [-0.39, 0.29) is 21.7 Å². The summed E-state index contributed by atoms with van der Waals surface area (Å²) in [5, 5.41) is 0. The van der Waals surface area contributed by atoms with E-state index >= 15 is 0 Å². The third-order valence-electron chi connectivity index (χ3n) is 1.06. The SMILES string of the molecule is Cc1cc[c-](C)c1.[Ti]. The van der Waals surface area contributed by atoms with Crippen LogP contribution < -0.4 is 0 Å². The van der Waals surface area contributed by atoms with Gasteiger partial charge in [-0.3, -0.25) is 0 Å². The van der Waals surface area contributed by atoms with Gasteiger partial charge in [0.05, 0.1) is 0 Å². The van der Waals surface area contributed by atoms with Crippen molar-refractivity contribution in [2.75, 3.05) is 0 Å². The molecule has 1 aromatic carbocycles. The van der Waals surface area contributed by atoms with Crippen LogP contribution in [0.3, 0.4) is 0 Å². The molecule has 0 radical (unpaired) electrons. The fourth-order valence-corrected chi connectivity index (χ4v) is 0.718. The largest absolute Gasteiger partial charge is 0.211 e. The summed E-state index contributed by atoms with van der Waals surface area (Å²) in [6.45, 7) is 4.21. The van der Waals surface area contributed by atoms with Gasteiger partial charge in [0, 0.05) is 21.7 Å². The van der Waals surface area contributed by atoms with Crippen LogP contribution in [0.25, 0.3) is 0 Å². The molecule has 42 valence electrons. The quantitative estimate of drug-likeness (QED) is 0.383. The third-order valence-corrected chi connectivity index (χ3v) is 1.06. The number of hydrogen-bond donors (Lipinski definition) is 0. The van der Waals surface area contributed by atoms with Crippen LogP contribution in [0.4, 0.5) is 0 Å². The van der Waals surface area contributed by atoms with Crippen LogP contribution in [0.1, 0.15) is 11.1 Å². The molecule has 0 aliphatic carbocycles. The Morgan fingerprint density at radius 2 is 2.12 bits per heavy atom. The Morgan fingerprint density at radius 3 is 2.25 bits per heavy atom. The Hall–Kier alpha value is 0.0643. The molecule has 1 rings (SSSR count). The zero-order valence-corrected chi connectivity index (χ0v) is 6.79. The molecule has 0 atom stereocenters. The molecule has 0 heterocycles. The van der Waals surface area contributed by atoms with Crippen LogP contribution in [-0.2, 0) is 21.7 Å². The molecular formula is C7H9Ti-. The van der Waals surface area contributed by atoms with Gasteiger partial charge in [0.2, 0.25) is 0 Å². The Balaban J connectivity index is 0.000000490. The molecule has 8 heavy (non-hydrogen) atoms. The molecule has 1 heteroatoms. The minimum Gasteiger partial charge on any atom is -0.211 e. The molecular weight excluding hydrogens is 132 g/mol. The molecule has 1 aromatic rings. The maximum Gasteiger partial charge on any atom is 0 e. The second-order valence-corrected chi connectivity index (χ2v) is 1.97. The van der Waals surface area contributed by atoms with E-state index in [0.717, 1.165) is 0 Å². The summed E-state index contributed by atoms with van der Waals surface area (Å²) in [6.07, 6.45) is 0. The Bertz CT molecular complexity index is 137. The van der Waals surface area contributed by atoms with Gasteiger partial charge in [0.1, 0.15) is 0 Å². The van der Waals surface area contributed by atoms with Crippen LogP contribution >= 0.6 is 0 Å². The van der Waals surface area contributed by atoms with Gasteiger partial charge in [-0.2, -0.15) is 17.7 Å². The van der Waals surface area contributed by atoms with E-state index in [0.29, 0.717) is 0 Å². The number of aryl methyl sites for hydroxylation is 2. The van der Waals surface area contributed by atoms with Gasteiger partial charge in [-0.1, -0.05) is 13.8 Å². The van der Waals surface area contributed by atoms with E-state index in [9.17, 15) is 0 Å². The standard InChI is InChI=1S/C7H9.Ti/c1-6-3-4-7(2)5-6;/h3-5H,1-2H3;/q-1;. The number of hydrogen-bond acceptors (Lipinski definition) is 0. The van der Waals surface area contributed by atoms with E-state index in [1.807, 2.05) is 0 Å². The van der Waals surface area contributed by atoms with E-state index in [1.165, 1.54) is 11.1 Å². The number of rotatable bonds is 0. The van der Waals surface area contributed by atoms with Gasteiger partial charge in [-0.05, 0) is 0 Å². The van der Waals surface area contributed by atoms with Gasteiger partial charge in [-0.25, -0.2) is 11.6 Å². The zero-order chi connectivity index (χ0) is 5.28. The maximum atomic E-state index is 2.17. The van der Waals surface area contributed by atoms with E-state index in [4.69, 9.17) is 0 Å². The normalized spacial score (nSPS) is 8.25. The summed E-state index contributed by atoms with van der Waals surface area (Å²) in [5.41, 5.74) is 2.72. The molecule has 0 bridgehead atoms. The molecule has 0 fully saturated rings. The molecule has 0 amide bonds. The zero-order valence-electron chi connectivity index (χ0n) is 5.23. The molecule has 0 saturated heterocycles. The first kappa shape index (κ1) is 8.06. The Morgan fingerprint density at radius 1 is 1.50 bits per heavy atom. The molecule has 0 unspecified atom stereocenters. The van der Waals surface area contributed by atoms with Gasteiger partial charge in [-0.15, -0.1) is 0 Å². The summed E-state index contributed by atoms with van der Waals surface area (Å²) in [7, 11) is 0. The maximum absolute atomic E-state index is 2.17. The molecule has 0 nitrogen and oxygen atoms in total. The second-order valence-electron chi connectivity index (χ2n) is 1.97. The summed E-state index contributed by atoms with van der Waals surface area (Å²) in [6, 6.07) is 6.41. The minimum absolute atomic E-state index is 0. The topological polar surface area (TPSA) is 0 Å². The van der Waals surface area contributed by atoms with E-state index in [2.05, 4.69) is 32.0 Å². The van der Waals surface area contributed by atoms with Crippen molar-refractivity contribution in [3.63, 3.8) is 0 Å². The van der Waals surface area contributed by atoms with Crippen molar-refractivity contribution in [1.82, 2.24) is 0 Å². The molecule has 0 aromatic heterocycles. The first-order valence-electron chi connectivity index (χ1n) is 2.49. The summed E-state index contributed by atoms with van der Waals surface area (Å²) in [5.74, 6) is 0. The summed E-state index contributed by atoms with van der Waals surface area (Å²) < 4.78 is 0. The minimum atomic E-state index is 0. The molecule has 0 saturated carbocycles. The van der Waals surface area contributed by atoms with Crippen molar-refractivity contribution >= 4 is 0 Å². The van der Waals surface area contributed by atoms with Crippen molar-refractivity contribution < 1.29 is 21.7 Å². The van der Waals surface area contributed by atoms with Crippen molar-refractivity contribution in [2.45, 2.75) is 13.8 Å². The van der Waals surface area contributed by atoms with Crippen LogP contribution in [0, 0.1) is 13.8 Å². The predicted molar refractivity (Wildman–Crippen MR) is 31.5 cm³/mol. The second kappa shape index (κ2) is 3.16. The average Bonchev–Trinajstić information content (AvgIpc) is 1.87. The van der Waals surface area contributed by atoms with Crippen molar-refractivity contribution in [3.05, 3.63) is 29.3 Å². The van der Waals surface area contributed by atoms with Crippen LogP contribution in [0.5, 0.6) is 0 Å². The van der Waals surface area contributed by atoms with Crippen LogP contribution in [-0.4, -0.2) is 0 Å². The van der Waals surface area contributed by atoms with E-state index in [1.54, 1.807) is 0 Å². The van der Waals surface area contributed by atoms with Gasteiger partial charge >= 0.3 is 0 Å².